The van der Waals surface area contributed by atoms with E-state index >= 15 is 0 Å². The Morgan fingerprint density at radius 2 is 2.10 bits per heavy atom. The van der Waals surface area contributed by atoms with Crippen LogP contribution in [0.1, 0.15) is 12.8 Å². The third-order valence-electron chi connectivity index (χ3n) is 2.07. The Morgan fingerprint density at radius 1 is 1.50 bits per heavy atom. The van der Waals surface area contributed by atoms with Gasteiger partial charge in [0.2, 0.25) is 0 Å². The molecule has 0 aromatic rings. The molecular formula is C7H12N2O. The number of hydrogen-bond acceptors (Lipinski definition) is 2. The molecule has 10 heavy (non-hydrogen) atoms. The van der Waals surface area contributed by atoms with Crippen LogP contribution < -0.4 is 5.32 Å². The number of aliphatic hydroxyl groups excluding tert-OH is 1. The minimum Gasteiger partial charge on any atom is -0.388 e. The van der Waals surface area contributed by atoms with Gasteiger partial charge in [0, 0.05) is 25.9 Å². The summed E-state index contributed by atoms with van der Waals surface area (Å²) in [5.74, 6) is 0. The maximum absolute atomic E-state index is 8.90. The molecule has 0 amide bonds. The van der Waals surface area contributed by atoms with Gasteiger partial charge in [-0.05, 0) is 0 Å². The number of hydrogen-bond donors (Lipinski definition) is 2. The molecule has 3 nitrogen and oxygen atoms in total. The maximum atomic E-state index is 8.90. The molecule has 0 spiro atoms. The van der Waals surface area contributed by atoms with E-state index in [0.717, 1.165) is 25.9 Å². The third kappa shape index (κ3) is 1.28. The number of nitrogens with zero attached hydrogens (tertiary/aromatic N) is 1. The van der Waals surface area contributed by atoms with Gasteiger partial charge in [-0.25, -0.2) is 6.57 Å². The van der Waals surface area contributed by atoms with Gasteiger partial charge < -0.3 is 15.3 Å². The summed E-state index contributed by atoms with van der Waals surface area (Å²) in [5.41, 5.74) is -0.453. The highest BCUT2D eigenvalue weighted by Crippen LogP contribution is 2.21. The van der Waals surface area contributed by atoms with Gasteiger partial charge in [0.1, 0.15) is 6.61 Å². The minimum atomic E-state index is -0.453. The lowest BCUT2D eigenvalue weighted by molar-refractivity contribution is 0.191. The Hall–Kier alpha value is -0.590. The lowest BCUT2D eigenvalue weighted by atomic mass is 9.90. The van der Waals surface area contributed by atoms with Crippen LogP contribution >= 0.6 is 0 Å². The molecule has 1 heterocycles. The molecule has 1 aliphatic heterocycles. The van der Waals surface area contributed by atoms with Crippen molar-refractivity contribution in [1.82, 2.24) is 5.32 Å². The molecule has 3 heteroatoms. The van der Waals surface area contributed by atoms with Gasteiger partial charge in [0.15, 0.2) is 0 Å². The monoisotopic (exact) mass is 140 g/mol. The first-order valence-electron chi connectivity index (χ1n) is 3.53. The SMILES string of the molecule is [C-]#[N+]C1(CO)CCNCC1. The van der Waals surface area contributed by atoms with E-state index in [1.165, 1.54) is 0 Å². The highest BCUT2D eigenvalue weighted by Gasteiger charge is 2.37. The van der Waals surface area contributed by atoms with E-state index in [0.29, 0.717) is 0 Å². The van der Waals surface area contributed by atoms with Gasteiger partial charge in [0.25, 0.3) is 5.54 Å². The van der Waals surface area contributed by atoms with Gasteiger partial charge in [-0.15, -0.1) is 0 Å². The Morgan fingerprint density at radius 3 is 2.40 bits per heavy atom. The zero-order valence-corrected chi connectivity index (χ0v) is 5.93. The summed E-state index contributed by atoms with van der Waals surface area (Å²) in [5, 5.41) is 12.1. The lowest BCUT2D eigenvalue weighted by Crippen LogP contribution is -2.42. The second-order valence-corrected chi connectivity index (χ2v) is 2.74. The highest BCUT2D eigenvalue weighted by molar-refractivity contribution is 5.00. The summed E-state index contributed by atoms with van der Waals surface area (Å²) in [4.78, 5) is 3.46. The molecule has 2 N–H and O–H groups in total. The molecular weight excluding hydrogens is 128 g/mol. The topological polar surface area (TPSA) is 36.6 Å². The van der Waals surface area contributed by atoms with Gasteiger partial charge in [-0.1, -0.05) is 0 Å². The number of piperidine rings is 1. The molecule has 0 radical (unpaired) electrons. The van der Waals surface area contributed by atoms with E-state index in [1.807, 2.05) is 0 Å². The van der Waals surface area contributed by atoms with Crippen LogP contribution in [-0.4, -0.2) is 30.3 Å². The van der Waals surface area contributed by atoms with Crippen LogP contribution in [-0.2, 0) is 0 Å². The van der Waals surface area contributed by atoms with Crippen LogP contribution in [0.3, 0.4) is 0 Å². The van der Waals surface area contributed by atoms with Gasteiger partial charge >= 0.3 is 0 Å². The van der Waals surface area contributed by atoms with Crippen LogP contribution in [0.5, 0.6) is 0 Å². The van der Waals surface area contributed by atoms with Gasteiger partial charge in [-0.3, -0.25) is 0 Å². The van der Waals surface area contributed by atoms with Crippen molar-refractivity contribution in [2.24, 2.45) is 0 Å². The molecule has 0 atom stereocenters. The Bertz CT molecular complexity index is 144. The first-order valence-corrected chi connectivity index (χ1v) is 3.53. The van der Waals surface area contributed by atoms with Crippen molar-refractivity contribution < 1.29 is 5.11 Å². The van der Waals surface area contributed by atoms with E-state index in [4.69, 9.17) is 11.7 Å². The van der Waals surface area contributed by atoms with E-state index < -0.39 is 5.54 Å². The van der Waals surface area contributed by atoms with E-state index in [-0.39, 0.29) is 6.61 Å². The number of rotatable bonds is 1. The second kappa shape index (κ2) is 3.00. The van der Waals surface area contributed by atoms with E-state index in [1.54, 1.807) is 0 Å². The molecule has 56 valence electrons. The van der Waals surface area contributed by atoms with Gasteiger partial charge in [-0.2, -0.15) is 0 Å². The molecule has 0 aromatic carbocycles. The Kier molecular flexibility index (Phi) is 2.25. The molecule has 1 rings (SSSR count). The fourth-order valence-corrected chi connectivity index (χ4v) is 1.20. The van der Waals surface area contributed by atoms with Crippen molar-refractivity contribution in [1.29, 1.82) is 0 Å². The Labute approximate surface area is 60.9 Å². The van der Waals surface area contributed by atoms with Crippen LogP contribution in [0.2, 0.25) is 0 Å². The number of aliphatic hydroxyl groups is 1. The Balaban J connectivity index is 2.55. The van der Waals surface area contributed by atoms with Crippen molar-refractivity contribution >= 4 is 0 Å². The summed E-state index contributed by atoms with van der Waals surface area (Å²) >= 11 is 0. The summed E-state index contributed by atoms with van der Waals surface area (Å²) in [6.07, 6.45) is 1.57. The van der Waals surface area contributed by atoms with Crippen molar-refractivity contribution in [3.63, 3.8) is 0 Å². The molecule has 0 saturated carbocycles. The molecule has 0 aliphatic carbocycles. The smallest absolute Gasteiger partial charge is 0.257 e. The first-order chi connectivity index (χ1) is 4.83. The van der Waals surface area contributed by atoms with E-state index in [9.17, 15) is 0 Å². The van der Waals surface area contributed by atoms with Crippen LogP contribution in [0.15, 0.2) is 0 Å². The van der Waals surface area contributed by atoms with Crippen molar-refractivity contribution in [2.75, 3.05) is 19.7 Å². The molecule has 0 unspecified atom stereocenters. The quantitative estimate of drug-likeness (QED) is 0.504. The zero-order valence-electron chi connectivity index (χ0n) is 5.93. The fourth-order valence-electron chi connectivity index (χ4n) is 1.20. The molecule has 1 saturated heterocycles. The van der Waals surface area contributed by atoms with Crippen molar-refractivity contribution in [3.05, 3.63) is 11.4 Å². The zero-order chi connectivity index (χ0) is 7.45. The lowest BCUT2D eigenvalue weighted by Gasteiger charge is -2.24. The van der Waals surface area contributed by atoms with Crippen LogP contribution in [0.4, 0.5) is 0 Å². The maximum Gasteiger partial charge on any atom is 0.257 e. The summed E-state index contributed by atoms with van der Waals surface area (Å²) in [7, 11) is 0. The molecule has 0 bridgehead atoms. The second-order valence-electron chi connectivity index (χ2n) is 2.74. The third-order valence-corrected chi connectivity index (χ3v) is 2.07. The van der Waals surface area contributed by atoms with Crippen LogP contribution in [0.25, 0.3) is 4.85 Å². The summed E-state index contributed by atoms with van der Waals surface area (Å²) < 4.78 is 0. The predicted molar refractivity (Wildman–Crippen MR) is 38.5 cm³/mol. The van der Waals surface area contributed by atoms with Crippen LogP contribution in [0, 0.1) is 6.57 Å². The standard InChI is InChI=1S/C7H12N2O/c1-8-7(6-10)2-4-9-5-3-7/h9-10H,2-6H2. The molecule has 1 aliphatic rings. The molecule has 0 aromatic heterocycles. The van der Waals surface area contributed by atoms with Crippen molar-refractivity contribution in [3.8, 4) is 0 Å². The summed E-state index contributed by atoms with van der Waals surface area (Å²) in [6, 6.07) is 0. The average Bonchev–Trinajstić information content (AvgIpc) is 2.06. The average molecular weight is 140 g/mol. The predicted octanol–water partition coefficient (Wildman–Crippen LogP) is 0.0202. The largest absolute Gasteiger partial charge is 0.388 e. The van der Waals surface area contributed by atoms with Gasteiger partial charge in [0.05, 0.1) is 0 Å². The number of nitrogens with one attached hydrogen (secondary N) is 1. The van der Waals surface area contributed by atoms with Crippen molar-refractivity contribution in [2.45, 2.75) is 18.4 Å². The summed E-state index contributed by atoms with van der Waals surface area (Å²) in [6.45, 7) is 8.62. The first kappa shape index (κ1) is 7.52. The molecule has 1 fully saturated rings. The highest BCUT2D eigenvalue weighted by atomic mass is 16.3. The normalized spacial score (nSPS) is 23.6. The fraction of sp³-hybridized carbons (Fsp3) is 0.857. The van der Waals surface area contributed by atoms with E-state index in [2.05, 4.69) is 10.2 Å². The minimum absolute atomic E-state index is 0.0121.